The summed E-state index contributed by atoms with van der Waals surface area (Å²) in [6.45, 7) is 4.32. The molecule has 1 aliphatic carbocycles. The summed E-state index contributed by atoms with van der Waals surface area (Å²) >= 11 is 0. The minimum atomic E-state index is -0.932. The molecular formula is C28H29N7O2. The number of aryl methyl sites for hydroxylation is 2. The number of hydrogen-bond acceptors (Lipinski definition) is 6. The van der Waals surface area contributed by atoms with Gasteiger partial charge < -0.3 is 15.0 Å². The second kappa shape index (κ2) is 9.08. The van der Waals surface area contributed by atoms with E-state index in [4.69, 9.17) is 0 Å². The molecule has 9 nitrogen and oxygen atoms in total. The molecular weight excluding hydrogens is 466 g/mol. The van der Waals surface area contributed by atoms with E-state index >= 15 is 0 Å². The van der Waals surface area contributed by atoms with Crippen molar-refractivity contribution >= 4 is 27.8 Å². The zero-order chi connectivity index (χ0) is 25.6. The minimum Gasteiger partial charge on any atom is -0.388 e. The lowest BCUT2D eigenvalue weighted by atomic mass is 9.81. The summed E-state index contributed by atoms with van der Waals surface area (Å²) in [5.74, 6) is 0.695. The summed E-state index contributed by atoms with van der Waals surface area (Å²) in [6.07, 6.45) is 8.07. The molecule has 1 amide bonds. The first kappa shape index (κ1) is 23.3. The van der Waals surface area contributed by atoms with Gasteiger partial charge in [-0.2, -0.15) is 5.10 Å². The Morgan fingerprint density at radius 1 is 1.22 bits per heavy atom. The van der Waals surface area contributed by atoms with Crippen molar-refractivity contribution in [1.82, 2.24) is 35.0 Å². The molecule has 9 heteroatoms. The van der Waals surface area contributed by atoms with E-state index in [1.807, 2.05) is 50.2 Å². The fourth-order valence-corrected chi connectivity index (χ4v) is 5.54. The van der Waals surface area contributed by atoms with Gasteiger partial charge in [-0.3, -0.25) is 19.9 Å². The maximum Gasteiger partial charge on any atom is 0.251 e. The number of amides is 1. The topological polar surface area (TPSA) is 122 Å². The highest BCUT2D eigenvalue weighted by Crippen LogP contribution is 2.32. The molecule has 1 saturated carbocycles. The average molecular weight is 496 g/mol. The predicted octanol–water partition coefficient (Wildman–Crippen LogP) is 4.09. The molecule has 0 unspecified atom stereocenters. The Bertz CT molecular complexity index is 1620. The van der Waals surface area contributed by atoms with Crippen molar-refractivity contribution in [3.05, 3.63) is 72.1 Å². The molecule has 0 aliphatic heterocycles. The van der Waals surface area contributed by atoms with Crippen molar-refractivity contribution in [2.24, 2.45) is 0 Å². The highest BCUT2D eigenvalue weighted by atomic mass is 16.3. The third-order valence-electron chi connectivity index (χ3n) is 7.35. The number of carbonyl (C=O) groups excluding carboxylic acids is 1. The number of aromatic amines is 1. The first-order valence-electron chi connectivity index (χ1n) is 12.6. The fraction of sp³-hybridized carbons (Fsp3) is 0.321. The van der Waals surface area contributed by atoms with E-state index in [-0.39, 0.29) is 11.9 Å². The number of carbonyl (C=O) groups is 1. The van der Waals surface area contributed by atoms with Crippen LogP contribution >= 0.6 is 0 Å². The van der Waals surface area contributed by atoms with E-state index in [0.717, 1.165) is 57.6 Å². The number of H-pyrrole nitrogens is 1. The highest BCUT2D eigenvalue weighted by Gasteiger charge is 2.36. The molecule has 37 heavy (non-hydrogen) atoms. The molecule has 4 aromatic heterocycles. The summed E-state index contributed by atoms with van der Waals surface area (Å²) in [7, 11) is 0. The van der Waals surface area contributed by atoms with Gasteiger partial charge in [0.15, 0.2) is 0 Å². The summed E-state index contributed by atoms with van der Waals surface area (Å²) in [5.41, 5.74) is 4.93. The molecule has 1 aliphatic rings. The van der Waals surface area contributed by atoms with Crippen molar-refractivity contribution < 1.29 is 9.90 Å². The van der Waals surface area contributed by atoms with Gasteiger partial charge in [0.05, 0.1) is 29.4 Å². The number of imidazole rings is 1. The van der Waals surface area contributed by atoms with Gasteiger partial charge in [-0.15, -0.1) is 0 Å². The SMILES string of the molecule is Cc1cc(-c2n[nH]c3ccc(C(=O)N[C@H]4CCC[C@](O)(Cn5c(C)nc6cnccc65)C4)cc23)ccn1. The van der Waals surface area contributed by atoms with Gasteiger partial charge in [0.1, 0.15) is 17.0 Å². The van der Waals surface area contributed by atoms with Gasteiger partial charge in [-0.25, -0.2) is 4.98 Å². The number of hydrogen-bond donors (Lipinski definition) is 3. The predicted molar refractivity (Wildman–Crippen MR) is 141 cm³/mol. The largest absolute Gasteiger partial charge is 0.388 e. The molecule has 0 saturated heterocycles. The summed E-state index contributed by atoms with van der Waals surface area (Å²) in [5, 5.41) is 23.1. The molecule has 6 rings (SSSR count). The molecule has 0 bridgehead atoms. The van der Waals surface area contributed by atoms with Gasteiger partial charge in [0.25, 0.3) is 5.91 Å². The third kappa shape index (κ3) is 4.46. The van der Waals surface area contributed by atoms with Crippen LogP contribution in [0.1, 0.15) is 47.6 Å². The molecule has 188 valence electrons. The quantitative estimate of drug-likeness (QED) is 0.338. The van der Waals surface area contributed by atoms with Crippen LogP contribution in [0.4, 0.5) is 0 Å². The van der Waals surface area contributed by atoms with E-state index in [9.17, 15) is 9.90 Å². The Hall–Kier alpha value is -4.11. The van der Waals surface area contributed by atoms with Gasteiger partial charge >= 0.3 is 0 Å². The second-order valence-corrected chi connectivity index (χ2v) is 10.1. The molecule has 5 aromatic rings. The number of nitrogens with zero attached hydrogens (tertiary/aromatic N) is 5. The average Bonchev–Trinajstić information content (AvgIpc) is 3.44. The number of benzene rings is 1. The monoisotopic (exact) mass is 495 g/mol. The maximum atomic E-state index is 13.3. The van der Waals surface area contributed by atoms with Crippen molar-refractivity contribution in [1.29, 1.82) is 0 Å². The normalized spacial score (nSPS) is 19.9. The van der Waals surface area contributed by atoms with Crippen LogP contribution in [0.2, 0.25) is 0 Å². The van der Waals surface area contributed by atoms with Crippen LogP contribution < -0.4 is 5.32 Å². The fourth-order valence-electron chi connectivity index (χ4n) is 5.54. The van der Waals surface area contributed by atoms with Gasteiger partial charge in [-0.1, -0.05) is 0 Å². The third-order valence-corrected chi connectivity index (χ3v) is 7.35. The van der Waals surface area contributed by atoms with Crippen LogP contribution in [0.25, 0.3) is 33.2 Å². The van der Waals surface area contributed by atoms with Crippen LogP contribution in [-0.4, -0.2) is 52.4 Å². The molecule has 3 N–H and O–H groups in total. The molecule has 1 aromatic carbocycles. The highest BCUT2D eigenvalue weighted by molar-refractivity contribution is 6.01. The van der Waals surface area contributed by atoms with Crippen LogP contribution in [0, 0.1) is 13.8 Å². The summed E-state index contributed by atoms with van der Waals surface area (Å²) in [4.78, 5) is 26.3. The lowest BCUT2D eigenvalue weighted by Crippen LogP contribution is -2.47. The summed E-state index contributed by atoms with van der Waals surface area (Å²) < 4.78 is 2.05. The molecule has 0 radical (unpaired) electrons. The number of pyridine rings is 2. The first-order chi connectivity index (χ1) is 17.9. The number of rotatable bonds is 5. The smallest absolute Gasteiger partial charge is 0.251 e. The lowest BCUT2D eigenvalue weighted by molar-refractivity contribution is -0.0207. The zero-order valence-corrected chi connectivity index (χ0v) is 20.9. The molecule has 2 atom stereocenters. The number of aromatic nitrogens is 6. The van der Waals surface area contributed by atoms with Crippen molar-refractivity contribution in [2.75, 3.05) is 0 Å². The van der Waals surface area contributed by atoms with Gasteiger partial charge in [-0.05, 0) is 75.9 Å². The zero-order valence-electron chi connectivity index (χ0n) is 20.9. The first-order valence-corrected chi connectivity index (χ1v) is 12.6. The number of nitrogens with one attached hydrogen (secondary N) is 2. The van der Waals surface area contributed by atoms with E-state index in [1.54, 1.807) is 18.6 Å². The van der Waals surface area contributed by atoms with Crippen molar-refractivity contribution in [3.63, 3.8) is 0 Å². The standard InChI is InChI=1S/C28H29N7O2/c1-17-12-19(7-11-30-17)26-22-13-20(5-6-23(22)33-34-26)27(36)32-21-4-3-9-28(37,14-21)16-35-18(2)31-24-15-29-10-8-25(24)35/h5-8,10-13,15,21,37H,3-4,9,14,16H2,1-2H3,(H,32,36)(H,33,34)/t21-,28+/m0/s1. The minimum absolute atomic E-state index is 0.120. The molecule has 1 fully saturated rings. The van der Waals surface area contributed by atoms with E-state index < -0.39 is 5.60 Å². The van der Waals surface area contributed by atoms with Crippen LogP contribution in [0.5, 0.6) is 0 Å². The number of aliphatic hydroxyl groups is 1. The maximum absolute atomic E-state index is 13.3. The van der Waals surface area contributed by atoms with E-state index in [1.165, 1.54) is 0 Å². The Balaban J connectivity index is 1.21. The van der Waals surface area contributed by atoms with Crippen LogP contribution in [0.3, 0.4) is 0 Å². The molecule has 0 spiro atoms. The Morgan fingerprint density at radius 2 is 2.11 bits per heavy atom. The Labute approximate surface area is 214 Å². The van der Waals surface area contributed by atoms with E-state index in [0.29, 0.717) is 24.9 Å². The summed E-state index contributed by atoms with van der Waals surface area (Å²) in [6, 6.07) is 11.3. The Kier molecular flexibility index (Phi) is 5.72. The van der Waals surface area contributed by atoms with Crippen molar-refractivity contribution in [2.45, 2.75) is 57.7 Å². The molecule has 4 heterocycles. The second-order valence-electron chi connectivity index (χ2n) is 10.1. The number of fused-ring (bicyclic) bond motifs is 2. The van der Waals surface area contributed by atoms with Gasteiger partial charge in [0.2, 0.25) is 0 Å². The van der Waals surface area contributed by atoms with Crippen LogP contribution in [-0.2, 0) is 6.54 Å². The van der Waals surface area contributed by atoms with Crippen molar-refractivity contribution in [3.8, 4) is 11.3 Å². The van der Waals surface area contributed by atoms with Gasteiger partial charge in [0, 0.05) is 40.6 Å². The Morgan fingerprint density at radius 3 is 2.97 bits per heavy atom. The van der Waals surface area contributed by atoms with E-state index in [2.05, 4.69) is 35.0 Å². The lowest BCUT2D eigenvalue weighted by Gasteiger charge is -2.37. The van der Waals surface area contributed by atoms with Crippen LogP contribution in [0.15, 0.2) is 55.0 Å².